The zero-order valence-corrected chi connectivity index (χ0v) is 13.1. The molecule has 0 bridgehead atoms. The molecule has 0 fully saturated rings. The number of amides is 1. The number of hydrogen-bond acceptors (Lipinski definition) is 3. The van der Waals surface area contributed by atoms with E-state index < -0.39 is 0 Å². The summed E-state index contributed by atoms with van der Waals surface area (Å²) in [5.41, 5.74) is 0.702. The summed E-state index contributed by atoms with van der Waals surface area (Å²) >= 11 is 5.02. The van der Waals surface area contributed by atoms with E-state index in [0.29, 0.717) is 12.2 Å². The Morgan fingerprint density at radius 3 is 3.11 bits per heavy atom. The highest BCUT2D eigenvalue weighted by Crippen LogP contribution is 2.15. The summed E-state index contributed by atoms with van der Waals surface area (Å²) in [4.78, 5) is 16.3. The second-order valence-corrected chi connectivity index (χ2v) is 6.06. The fraction of sp³-hybridized carbons (Fsp3) is 0.385. The topological polar surface area (TPSA) is 46.9 Å². The van der Waals surface area contributed by atoms with Crippen LogP contribution in [0.1, 0.15) is 28.8 Å². The van der Waals surface area contributed by atoms with Crippen LogP contribution in [0.3, 0.4) is 0 Å². The lowest BCUT2D eigenvalue weighted by Crippen LogP contribution is -2.27. The van der Waals surface area contributed by atoms with Gasteiger partial charge in [0.15, 0.2) is 0 Å². The highest BCUT2D eigenvalue weighted by Gasteiger charge is 2.12. The quantitative estimate of drug-likeness (QED) is 0.877. The van der Waals surface area contributed by atoms with Gasteiger partial charge in [-0.25, -0.2) is 4.98 Å². The molecule has 2 aromatic heterocycles. The minimum atomic E-state index is -0.0318. The second-order valence-electron chi connectivity index (χ2n) is 4.17. The summed E-state index contributed by atoms with van der Waals surface area (Å²) in [6, 6.07) is 1.86. The van der Waals surface area contributed by atoms with Crippen LogP contribution in [0, 0.1) is 0 Å². The lowest BCUT2D eigenvalue weighted by molar-refractivity contribution is 0.0944. The summed E-state index contributed by atoms with van der Waals surface area (Å²) in [6.45, 7) is 3.56. The Hall–Kier alpha value is -1.14. The molecule has 19 heavy (non-hydrogen) atoms. The van der Waals surface area contributed by atoms with Crippen molar-refractivity contribution in [2.45, 2.75) is 26.3 Å². The number of thiazole rings is 1. The van der Waals surface area contributed by atoms with Gasteiger partial charge >= 0.3 is 0 Å². The minimum absolute atomic E-state index is 0.0318. The maximum atomic E-state index is 12.1. The molecule has 0 saturated carbocycles. The fourth-order valence-electron chi connectivity index (χ4n) is 1.84. The van der Waals surface area contributed by atoms with E-state index in [-0.39, 0.29) is 5.91 Å². The standard InChI is InChI=1S/C13H16BrN3OS/c1-2-6-17-9-10(14)8-11(17)13(18)16-4-3-12-15-5-7-19-12/h5,7-9H,2-4,6H2,1H3,(H,16,18). The first-order chi connectivity index (χ1) is 9.20. The number of aromatic nitrogens is 2. The molecule has 0 saturated heterocycles. The van der Waals surface area contributed by atoms with Crippen LogP contribution >= 0.6 is 27.3 Å². The number of halogens is 1. The number of aryl methyl sites for hydroxylation is 1. The molecule has 4 nitrogen and oxygen atoms in total. The molecule has 102 valence electrons. The Labute approximate surface area is 125 Å². The van der Waals surface area contributed by atoms with E-state index in [1.807, 2.05) is 22.2 Å². The molecule has 2 rings (SSSR count). The molecule has 2 aromatic rings. The summed E-state index contributed by atoms with van der Waals surface area (Å²) in [5, 5.41) is 5.93. The molecule has 0 aromatic carbocycles. The highest BCUT2D eigenvalue weighted by atomic mass is 79.9. The fourth-order valence-corrected chi connectivity index (χ4v) is 2.93. The molecular formula is C13H16BrN3OS. The van der Waals surface area contributed by atoms with Crippen molar-refractivity contribution in [2.24, 2.45) is 0 Å². The van der Waals surface area contributed by atoms with E-state index in [2.05, 4.69) is 33.2 Å². The van der Waals surface area contributed by atoms with Crippen LogP contribution in [-0.4, -0.2) is 22.0 Å². The third kappa shape index (κ3) is 3.91. The van der Waals surface area contributed by atoms with Crippen molar-refractivity contribution in [1.82, 2.24) is 14.9 Å². The largest absolute Gasteiger partial charge is 0.350 e. The zero-order valence-electron chi connectivity index (χ0n) is 10.7. The van der Waals surface area contributed by atoms with Crippen molar-refractivity contribution in [1.29, 1.82) is 0 Å². The molecule has 0 atom stereocenters. The van der Waals surface area contributed by atoms with Gasteiger partial charge < -0.3 is 9.88 Å². The van der Waals surface area contributed by atoms with Gasteiger partial charge in [0.05, 0.1) is 5.01 Å². The van der Waals surface area contributed by atoms with Crippen LogP contribution in [0.2, 0.25) is 0 Å². The number of carbonyl (C=O) groups is 1. The predicted molar refractivity (Wildman–Crippen MR) is 80.6 cm³/mol. The lowest BCUT2D eigenvalue weighted by Gasteiger charge is -2.08. The molecule has 0 aliphatic heterocycles. The van der Waals surface area contributed by atoms with Crippen molar-refractivity contribution >= 4 is 33.2 Å². The Balaban J connectivity index is 1.92. The lowest BCUT2D eigenvalue weighted by atomic mass is 10.3. The summed E-state index contributed by atoms with van der Waals surface area (Å²) in [5.74, 6) is -0.0318. The highest BCUT2D eigenvalue weighted by molar-refractivity contribution is 9.10. The molecule has 1 amide bonds. The van der Waals surface area contributed by atoms with Crippen LogP contribution in [0.15, 0.2) is 28.3 Å². The third-order valence-electron chi connectivity index (χ3n) is 2.67. The van der Waals surface area contributed by atoms with Gasteiger partial charge in [0, 0.05) is 41.8 Å². The monoisotopic (exact) mass is 341 g/mol. The number of carbonyl (C=O) groups excluding carboxylic acids is 1. The summed E-state index contributed by atoms with van der Waals surface area (Å²) in [6.07, 6.45) is 5.50. The van der Waals surface area contributed by atoms with Gasteiger partial charge in [-0.2, -0.15) is 0 Å². The van der Waals surface area contributed by atoms with Crippen LogP contribution in [0.25, 0.3) is 0 Å². The first-order valence-corrected chi connectivity index (χ1v) is 7.90. The van der Waals surface area contributed by atoms with Gasteiger partial charge in [-0.05, 0) is 28.4 Å². The molecule has 2 heterocycles. The molecule has 1 N–H and O–H groups in total. The van der Waals surface area contributed by atoms with E-state index in [9.17, 15) is 4.79 Å². The first-order valence-electron chi connectivity index (χ1n) is 6.23. The van der Waals surface area contributed by atoms with Crippen molar-refractivity contribution in [3.8, 4) is 0 Å². The van der Waals surface area contributed by atoms with E-state index in [1.54, 1.807) is 17.5 Å². The van der Waals surface area contributed by atoms with Gasteiger partial charge in [-0.3, -0.25) is 4.79 Å². The van der Waals surface area contributed by atoms with Crippen LogP contribution in [-0.2, 0) is 13.0 Å². The molecule has 0 radical (unpaired) electrons. The minimum Gasteiger partial charge on any atom is -0.350 e. The molecular weight excluding hydrogens is 326 g/mol. The van der Waals surface area contributed by atoms with Gasteiger partial charge in [0.1, 0.15) is 5.69 Å². The molecule has 0 unspecified atom stereocenters. The Kier molecular flexibility index (Phi) is 5.15. The van der Waals surface area contributed by atoms with Crippen molar-refractivity contribution in [3.63, 3.8) is 0 Å². The predicted octanol–water partition coefficient (Wildman–Crippen LogP) is 3.09. The Bertz CT molecular complexity index is 536. The molecule has 0 aliphatic carbocycles. The normalized spacial score (nSPS) is 10.6. The number of hydrogen-bond donors (Lipinski definition) is 1. The van der Waals surface area contributed by atoms with Gasteiger partial charge in [0.25, 0.3) is 5.91 Å². The van der Waals surface area contributed by atoms with Crippen molar-refractivity contribution < 1.29 is 4.79 Å². The first kappa shape index (κ1) is 14.3. The number of nitrogens with one attached hydrogen (secondary N) is 1. The Morgan fingerprint density at radius 1 is 1.58 bits per heavy atom. The Morgan fingerprint density at radius 2 is 2.42 bits per heavy atom. The van der Waals surface area contributed by atoms with Gasteiger partial charge in [-0.1, -0.05) is 6.92 Å². The molecule has 0 aliphatic rings. The zero-order chi connectivity index (χ0) is 13.7. The number of rotatable bonds is 6. The summed E-state index contributed by atoms with van der Waals surface area (Å²) in [7, 11) is 0. The smallest absolute Gasteiger partial charge is 0.267 e. The number of nitrogens with zero attached hydrogens (tertiary/aromatic N) is 2. The third-order valence-corrected chi connectivity index (χ3v) is 3.94. The van der Waals surface area contributed by atoms with Crippen molar-refractivity contribution in [2.75, 3.05) is 6.54 Å². The van der Waals surface area contributed by atoms with Crippen molar-refractivity contribution in [3.05, 3.63) is 39.0 Å². The SMILES string of the molecule is CCCn1cc(Br)cc1C(=O)NCCc1nccs1. The molecule has 0 spiro atoms. The van der Waals surface area contributed by atoms with Gasteiger partial charge in [0.2, 0.25) is 0 Å². The average molecular weight is 342 g/mol. The van der Waals surface area contributed by atoms with E-state index in [1.165, 1.54) is 0 Å². The summed E-state index contributed by atoms with van der Waals surface area (Å²) < 4.78 is 2.91. The van der Waals surface area contributed by atoms with Crippen LogP contribution in [0.5, 0.6) is 0 Å². The van der Waals surface area contributed by atoms with Gasteiger partial charge in [-0.15, -0.1) is 11.3 Å². The van der Waals surface area contributed by atoms with E-state index >= 15 is 0 Å². The second kappa shape index (κ2) is 6.86. The van der Waals surface area contributed by atoms with Crippen LogP contribution < -0.4 is 5.32 Å². The van der Waals surface area contributed by atoms with E-state index in [0.717, 1.165) is 28.9 Å². The van der Waals surface area contributed by atoms with Crippen LogP contribution in [0.4, 0.5) is 0 Å². The maximum absolute atomic E-state index is 12.1. The maximum Gasteiger partial charge on any atom is 0.267 e. The van der Waals surface area contributed by atoms with E-state index in [4.69, 9.17) is 0 Å². The average Bonchev–Trinajstić information content (AvgIpc) is 2.99. The molecule has 6 heteroatoms.